The van der Waals surface area contributed by atoms with Crippen LogP contribution in [0.4, 0.5) is 0 Å². The summed E-state index contributed by atoms with van der Waals surface area (Å²) in [5.41, 5.74) is 0.255. The Kier molecular flexibility index (Phi) is 1.66. The second-order valence-electron chi connectivity index (χ2n) is 3.24. The maximum absolute atomic E-state index is 5.69. The molecule has 0 aromatic carbocycles. The molecule has 0 aromatic heterocycles. The third kappa shape index (κ3) is 1.06. The van der Waals surface area contributed by atoms with Crippen molar-refractivity contribution in [2.24, 2.45) is 0 Å². The molecule has 2 nitrogen and oxygen atoms in total. The lowest BCUT2D eigenvalue weighted by atomic mass is 9.90. The minimum atomic E-state index is 0.255. The van der Waals surface area contributed by atoms with Gasteiger partial charge in [0.15, 0.2) is 0 Å². The van der Waals surface area contributed by atoms with E-state index in [1.54, 1.807) is 0 Å². The second kappa shape index (κ2) is 2.51. The van der Waals surface area contributed by atoms with Crippen LogP contribution in [-0.2, 0) is 4.74 Å². The lowest BCUT2D eigenvalue weighted by Crippen LogP contribution is -2.41. The Bertz CT molecular complexity index is 110. The number of nitrogens with one attached hydrogen (secondary N) is 1. The molecule has 0 saturated carbocycles. The van der Waals surface area contributed by atoms with E-state index in [0.29, 0.717) is 0 Å². The van der Waals surface area contributed by atoms with E-state index in [2.05, 4.69) is 11.7 Å². The molecule has 2 heteroatoms. The number of hydrogen-bond donors (Lipinski definition) is 1. The topological polar surface area (TPSA) is 21.3 Å². The van der Waals surface area contributed by atoms with Crippen LogP contribution in [0.5, 0.6) is 0 Å². The SMILES string of the molecule is [CH]1COC2(C1)CCNCC2. The van der Waals surface area contributed by atoms with Crippen molar-refractivity contribution >= 4 is 0 Å². The molecule has 2 rings (SSSR count). The standard InChI is InChI=1S/C8H14NO/c1-2-8(10-7-1)3-5-9-6-4-8/h1,9H,2-7H2. The fraction of sp³-hybridized carbons (Fsp3) is 0.875. The van der Waals surface area contributed by atoms with Crippen LogP contribution in [0.25, 0.3) is 0 Å². The van der Waals surface area contributed by atoms with Crippen molar-refractivity contribution in [3.63, 3.8) is 0 Å². The first-order valence-electron chi connectivity index (χ1n) is 4.08. The Labute approximate surface area is 61.9 Å². The Hall–Kier alpha value is -0.0800. The number of ether oxygens (including phenoxy) is 1. The van der Waals surface area contributed by atoms with Gasteiger partial charge >= 0.3 is 0 Å². The average Bonchev–Trinajstić information content (AvgIpc) is 2.39. The van der Waals surface area contributed by atoms with E-state index in [4.69, 9.17) is 4.74 Å². The molecule has 1 N–H and O–H groups in total. The molecule has 2 fully saturated rings. The molecule has 0 bridgehead atoms. The summed E-state index contributed by atoms with van der Waals surface area (Å²) in [7, 11) is 0. The second-order valence-corrected chi connectivity index (χ2v) is 3.24. The van der Waals surface area contributed by atoms with E-state index in [9.17, 15) is 0 Å². The highest BCUT2D eigenvalue weighted by Crippen LogP contribution is 2.32. The first-order valence-corrected chi connectivity index (χ1v) is 4.08. The molecule has 0 aliphatic carbocycles. The Morgan fingerprint density at radius 2 is 2.10 bits per heavy atom. The summed E-state index contributed by atoms with van der Waals surface area (Å²) >= 11 is 0. The maximum atomic E-state index is 5.69. The summed E-state index contributed by atoms with van der Waals surface area (Å²) in [6.45, 7) is 3.14. The van der Waals surface area contributed by atoms with Crippen molar-refractivity contribution in [1.82, 2.24) is 5.32 Å². The Morgan fingerprint density at radius 3 is 2.70 bits per heavy atom. The predicted molar refractivity (Wildman–Crippen MR) is 39.7 cm³/mol. The van der Waals surface area contributed by atoms with Crippen molar-refractivity contribution < 1.29 is 4.74 Å². The zero-order valence-corrected chi connectivity index (χ0v) is 6.23. The van der Waals surface area contributed by atoms with Gasteiger partial charge in [-0.05, 0) is 38.8 Å². The van der Waals surface area contributed by atoms with Crippen LogP contribution >= 0.6 is 0 Å². The molecule has 1 radical (unpaired) electrons. The van der Waals surface area contributed by atoms with E-state index < -0.39 is 0 Å². The van der Waals surface area contributed by atoms with E-state index in [1.807, 2.05) is 0 Å². The number of rotatable bonds is 0. The van der Waals surface area contributed by atoms with Crippen LogP contribution in [-0.4, -0.2) is 25.3 Å². The zero-order chi connectivity index (χ0) is 6.86. The minimum absolute atomic E-state index is 0.255. The van der Waals surface area contributed by atoms with Gasteiger partial charge in [-0.15, -0.1) is 0 Å². The van der Waals surface area contributed by atoms with Gasteiger partial charge in [-0.25, -0.2) is 0 Å². The largest absolute Gasteiger partial charge is 0.375 e. The molecule has 0 aromatic rings. The highest BCUT2D eigenvalue weighted by molar-refractivity contribution is 4.95. The smallest absolute Gasteiger partial charge is 0.0710 e. The van der Waals surface area contributed by atoms with Gasteiger partial charge in [-0.1, -0.05) is 0 Å². The van der Waals surface area contributed by atoms with Crippen molar-refractivity contribution in [3.05, 3.63) is 6.42 Å². The lowest BCUT2D eigenvalue weighted by Gasteiger charge is -2.32. The highest BCUT2D eigenvalue weighted by Gasteiger charge is 2.35. The van der Waals surface area contributed by atoms with Crippen LogP contribution in [0.15, 0.2) is 0 Å². The van der Waals surface area contributed by atoms with E-state index in [1.165, 1.54) is 19.3 Å². The van der Waals surface area contributed by atoms with Crippen molar-refractivity contribution in [3.8, 4) is 0 Å². The fourth-order valence-corrected chi connectivity index (χ4v) is 1.85. The first kappa shape index (κ1) is 6.62. The van der Waals surface area contributed by atoms with Gasteiger partial charge in [0.25, 0.3) is 0 Å². The molecule has 2 aliphatic rings. The van der Waals surface area contributed by atoms with Gasteiger partial charge in [0, 0.05) is 0 Å². The van der Waals surface area contributed by atoms with Gasteiger partial charge in [0.2, 0.25) is 0 Å². The van der Waals surface area contributed by atoms with E-state index in [-0.39, 0.29) is 5.60 Å². The average molecular weight is 140 g/mol. The molecule has 0 unspecified atom stereocenters. The van der Waals surface area contributed by atoms with Crippen LogP contribution in [0.2, 0.25) is 0 Å². The molecular weight excluding hydrogens is 126 g/mol. The molecule has 2 saturated heterocycles. The van der Waals surface area contributed by atoms with Crippen molar-refractivity contribution in [2.75, 3.05) is 19.7 Å². The van der Waals surface area contributed by atoms with Crippen LogP contribution < -0.4 is 5.32 Å². The lowest BCUT2D eigenvalue weighted by molar-refractivity contribution is -0.0186. The quantitative estimate of drug-likeness (QED) is 0.535. The van der Waals surface area contributed by atoms with Gasteiger partial charge in [0.1, 0.15) is 0 Å². The van der Waals surface area contributed by atoms with Crippen molar-refractivity contribution in [1.29, 1.82) is 0 Å². The number of hydrogen-bond acceptors (Lipinski definition) is 2. The summed E-state index contributed by atoms with van der Waals surface area (Å²) in [6.07, 6.45) is 5.83. The third-order valence-corrected chi connectivity index (χ3v) is 2.54. The summed E-state index contributed by atoms with van der Waals surface area (Å²) < 4.78 is 5.69. The molecule has 0 atom stereocenters. The third-order valence-electron chi connectivity index (χ3n) is 2.54. The summed E-state index contributed by atoms with van der Waals surface area (Å²) in [5.74, 6) is 0. The summed E-state index contributed by atoms with van der Waals surface area (Å²) in [5, 5.41) is 3.34. The predicted octanol–water partition coefficient (Wildman–Crippen LogP) is 0.733. The number of piperidine rings is 1. The normalized spacial score (nSPS) is 31.2. The molecule has 57 valence electrons. The zero-order valence-electron chi connectivity index (χ0n) is 6.23. The summed E-state index contributed by atoms with van der Waals surface area (Å²) in [4.78, 5) is 0. The molecule has 0 amide bonds. The highest BCUT2D eigenvalue weighted by atomic mass is 16.5. The van der Waals surface area contributed by atoms with Crippen molar-refractivity contribution in [2.45, 2.75) is 24.9 Å². The molecular formula is C8H14NO. The maximum Gasteiger partial charge on any atom is 0.0710 e. The molecule has 10 heavy (non-hydrogen) atoms. The Morgan fingerprint density at radius 1 is 1.30 bits per heavy atom. The van der Waals surface area contributed by atoms with Crippen LogP contribution in [0.1, 0.15) is 19.3 Å². The van der Waals surface area contributed by atoms with Gasteiger partial charge in [-0.2, -0.15) is 0 Å². The van der Waals surface area contributed by atoms with Crippen LogP contribution in [0.3, 0.4) is 0 Å². The Balaban J connectivity index is 1.98. The van der Waals surface area contributed by atoms with Crippen LogP contribution in [0, 0.1) is 6.42 Å². The fourth-order valence-electron chi connectivity index (χ4n) is 1.85. The first-order chi connectivity index (χ1) is 4.91. The monoisotopic (exact) mass is 140 g/mol. The molecule has 2 aliphatic heterocycles. The molecule has 1 spiro atoms. The molecule has 2 heterocycles. The van der Waals surface area contributed by atoms with Gasteiger partial charge < -0.3 is 10.1 Å². The van der Waals surface area contributed by atoms with E-state index in [0.717, 1.165) is 19.7 Å². The minimum Gasteiger partial charge on any atom is -0.375 e. The van der Waals surface area contributed by atoms with Gasteiger partial charge in [-0.3, -0.25) is 0 Å². The van der Waals surface area contributed by atoms with E-state index >= 15 is 0 Å². The summed E-state index contributed by atoms with van der Waals surface area (Å²) in [6, 6.07) is 0. The van der Waals surface area contributed by atoms with Gasteiger partial charge in [0.05, 0.1) is 12.2 Å².